The zero-order valence-electron chi connectivity index (χ0n) is 14.0. The maximum absolute atomic E-state index is 6.20. The van der Waals surface area contributed by atoms with Crippen LogP contribution in [0.25, 0.3) is 0 Å². The molecule has 1 aromatic heterocycles. The van der Waals surface area contributed by atoms with Crippen LogP contribution < -0.4 is 10.1 Å². The summed E-state index contributed by atoms with van der Waals surface area (Å²) in [5.41, 5.74) is 3.09. The van der Waals surface area contributed by atoms with Crippen LogP contribution in [-0.4, -0.2) is 16.8 Å². The lowest BCUT2D eigenvalue weighted by Crippen LogP contribution is -2.08. The van der Waals surface area contributed by atoms with Gasteiger partial charge in [0.25, 0.3) is 0 Å². The van der Waals surface area contributed by atoms with Crippen LogP contribution in [0.5, 0.6) is 5.88 Å². The van der Waals surface area contributed by atoms with E-state index in [9.17, 15) is 0 Å². The second-order valence-electron chi connectivity index (χ2n) is 5.53. The van der Waals surface area contributed by atoms with Crippen molar-refractivity contribution in [3.63, 3.8) is 0 Å². The molecule has 0 atom stereocenters. The fraction of sp³-hybridized carbons (Fsp3) is 0.211. The molecule has 0 aliphatic heterocycles. The topological polar surface area (TPSA) is 39.1 Å². The van der Waals surface area contributed by atoms with Crippen molar-refractivity contribution >= 4 is 24.0 Å². The van der Waals surface area contributed by atoms with E-state index in [2.05, 4.69) is 22.5 Å². The first-order chi connectivity index (χ1) is 11.8. The molecular weight excluding hydrogens is 357 g/mol. The average molecular weight is 378 g/mol. The van der Waals surface area contributed by atoms with E-state index < -0.39 is 0 Å². The van der Waals surface area contributed by atoms with E-state index in [4.69, 9.17) is 16.3 Å². The summed E-state index contributed by atoms with van der Waals surface area (Å²) >= 11 is 6.20. The van der Waals surface area contributed by atoms with Crippen molar-refractivity contribution in [3.05, 3.63) is 82.5 Å². The number of nitrogens with zero attached hydrogens (tertiary/aromatic N) is 2. The molecule has 0 saturated carbocycles. The Balaban J connectivity index is 0.00000225. The van der Waals surface area contributed by atoms with Crippen molar-refractivity contribution in [1.82, 2.24) is 15.1 Å². The minimum Gasteiger partial charge on any atom is -0.473 e. The molecule has 4 nitrogen and oxygen atoms in total. The lowest BCUT2D eigenvalue weighted by molar-refractivity contribution is 0.275. The first kappa shape index (κ1) is 19.3. The highest BCUT2D eigenvalue weighted by molar-refractivity contribution is 6.31. The molecule has 3 aromatic rings. The first-order valence-corrected chi connectivity index (χ1v) is 8.25. The zero-order valence-corrected chi connectivity index (χ0v) is 15.6. The summed E-state index contributed by atoms with van der Waals surface area (Å²) in [5.74, 6) is 0.740. The monoisotopic (exact) mass is 377 g/mol. The van der Waals surface area contributed by atoms with E-state index in [1.807, 2.05) is 60.3 Å². The molecule has 2 aromatic carbocycles. The maximum Gasteiger partial charge on any atom is 0.212 e. The van der Waals surface area contributed by atoms with Crippen LogP contribution in [0.3, 0.4) is 0 Å². The van der Waals surface area contributed by atoms with E-state index in [0.29, 0.717) is 24.7 Å². The Labute approximate surface area is 159 Å². The van der Waals surface area contributed by atoms with Crippen LogP contribution in [0.15, 0.2) is 60.7 Å². The summed E-state index contributed by atoms with van der Waals surface area (Å²) in [4.78, 5) is 0. The summed E-state index contributed by atoms with van der Waals surface area (Å²) in [6.07, 6.45) is 0. The maximum atomic E-state index is 6.20. The molecule has 0 fully saturated rings. The number of halogens is 2. The van der Waals surface area contributed by atoms with Gasteiger partial charge in [0, 0.05) is 23.2 Å². The molecular formula is C19H21Cl2N3O. The van der Waals surface area contributed by atoms with E-state index in [0.717, 1.165) is 17.1 Å². The van der Waals surface area contributed by atoms with Gasteiger partial charge in [0.15, 0.2) is 0 Å². The zero-order chi connectivity index (χ0) is 16.8. The minimum atomic E-state index is 0. The molecule has 0 saturated heterocycles. The number of aromatic nitrogens is 2. The van der Waals surface area contributed by atoms with Crippen molar-refractivity contribution in [1.29, 1.82) is 0 Å². The summed E-state index contributed by atoms with van der Waals surface area (Å²) in [6, 6.07) is 19.9. The molecule has 1 N–H and O–H groups in total. The van der Waals surface area contributed by atoms with Crippen molar-refractivity contribution in [2.75, 3.05) is 7.05 Å². The lowest BCUT2D eigenvalue weighted by Gasteiger charge is -2.10. The molecule has 6 heteroatoms. The third-order valence-electron chi connectivity index (χ3n) is 3.66. The molecule has 3 rings (SSSR count). The van der Waals surface area contributed by atoms with Gasteiger partial charge >= 0.3 is 0 Å². The highest BCUT2D eigenvalue weighted by Crippen LogP contribution is 2.20. The fourth-order valence-corrected chi connectivity index (χ4v) is 2.66. The molecule has 0 radical (unpaired) electrons. The Kier molecular flexibility index (Phi) is 7.31. The highest BCUT2D eigenvalue weighted by atomic mass is 35.5. The number of rotatable bonds is 7. The standard InChI is InChI=1S/C19H20ClN3O.ClH/c1-21-12-17-11-19(24-14-16-9-5-6-10-18(16)20)23(22-17)13-15-7-3-2-4-8-15;/h2-11,21H,12-14H2,1H3;1H. The van der Waals surface area contributed by atoms with E-state index in [1.54, 1.807) is 0 Å². The average Bonchev–Trinajstić information content (AvgIpc) is 2.97. The molecule has 1 heterocycles. The van der Waals surface area contributed by atoms with Gasteiger partial charge in [-0.05, 0) is 18.7 Å². The van der Waals surface area contributed by atoms with Crippen LogP contribution in [-0.2, 0) is 19.7 Å². The summed E-state index contributed by atoms with van der Waals surface area (Å²) in [6.45, 7) is 1.78. The Bertz CT molecular complexity index is 790. The fourth-order valence-electron chi connectivity index (χ4n) is 2.47. The first-order valence-electron chi connectivity index (χ1n) is 7.87. The predicted octanol–water partition coefficient (Wildman–Crippen LogP) is 4.31. The molecule has 0 aliphatic rings. The van der Waals surface area contributed by atoms with Gasteiger partial charge < -0.3 is 10.1 Å². The van der Waals surface area contributed by atoms with Gasteiger partial charge in [-0.25, -0.2) is 4.68 Å². The van der Waals surface area contributed by atoms with Crippen molar-refractivity contribution < 1.29 is 4.74 Å². The van der Waals surface area contributed by atoms with Gasteiger partial charge in [-0.15, -0.1) is 12.4 Å². The van der Waals surface area contributed by atoms with Gasteiger partial charge in [-0.3, -0.25) is 0 Å². The highest BCUT2D eigenvalue weighted by Gasteiger charge is 2.10. The molecule has 25 heavy (non-hydrogen) atoms. The number of hydrogen-bond acceptors (Lipinski definition) is 3. The summed E-state index contributed by atoms with van der Waals surface area (Å²) in [7, 11) is 1.90. The van der Waals surface area contributed by atoms with Gasteiger partial charge in [0.05, 0.1) is 12.2 Å². The molecule has 0 spiro atoms. The number of benzene rings is 2. The molecule has 0 unspecified atom stereocenters. The van der Waals surface area contributed by atoms with Crippen LogP contribution in [0, 0.1) is 0 Å². The Morgan fingerprint density at radius 1 is 1.08 bits per heavy atom. The molecule has 132 valence electrons. The third-order valence-corrected chi connectivity index (χ3v) is 4.03. The largest absolute Gasteiger partial charge is 0.473 e. The molecule has 0 bridgehead atoms. The Morgan fingerprint density at radius 2 is 1.80 bits per heavy atom. The SMILES string of the molecule is CNCc1cc(OCc2ccccc2Cl)n(Cc2ccccc2)n1.Cl. The third kappa shape index (κ3) is 5.23. The van der Waals surface area contributed by atoms with Gasteiger partial charge in [-0.1, -0.05) is 60.1 Å². The summed E-state index contributed by atoms with van der Waals surface area (Å²) < 4.78 is 7.88. The van der Waals surface area contributed by atoms with E-state index in [-0.39, 0.29) is 12.4 Å². The smallest absolute Gasteiger partial charge is 0.212 e. The lowest BCUT2D eigenvalue weighted by atomic mass is 10.2. The van der Waals surface area contributed by atoms with Gasteiger partial charge in [0.2, 0.25) is 5.88 Å². The van der Waals surface area contributed by atoms with E-state index in [1.165, 1.54) is 5.56 Å². The Morgan fingerprint density at radius 3 is 2.52 bits per heavy atom. The van der Waals surface area contributed by atoms with Crippen molar-refractivity contribution in [2.45, 2.75) is 19.7 Å². The van der Waals surface area contributed by atoms with Crippen LogP contribution in [0.2, 0.25) is 5.02 Å². The predicted molar refractivity (Wildman–Crippen MR) is 104 cm³/mol. The minimum absolute atomic E-state index is 0. The quantitative estimate of drug-likeness (QED) is 0.666. The second-order valence-corrected chi connectivity index (χ2v) is 5.93. The van der Waals surface area contributed by atoms with Gasteiger partial charge in [-0.2, -0.15) is 5.10 Å². The van der Waals surface area contributed by atoms with E-state index >= 15 is 0 Å². The number of nitrogens with one attached hydrogen (secondary N) is 1. The normalized spacial score (nSPS) is 10.3. The van der Waals surface area contributed by atoms with Crippen molar-refractivity contribution in [3.8, 4) is 5.88 Å². The Hall–Kier alpha value is -2.01. The van der Waals surface area contributed by atoms with Crippen molar-refractivity contribution in [2.24, 2.45) is 0 Å². The molecule has 0 aliphatic carbocycles. The number of ether oxygens (including phenoxy) is 1. The molecule has 0 amide bonds. The van der Waals surface area contributed by atoms with Crippen LogP contribution in [0.1, 0.15) is 16.8 Å². The number of hydrogen-bond donors (Lipinski definition) is 1. The van der Waals surface area contributed by atoms with Crippen LogP contribution in [0.4, 0.5) is 0 Å². The van der Waals surface area contributed by atoms with Gasteiger partial charge in [0.1, 0.15) is 6.61 Å². The summed E-state index contributed by atoms with van der Waals surface area (Å²) in [5, 5.41) is 8.46. The second kappa shape index (κ2) is 9.47. The van der Waals surface area contributed by atoms with Crippen LogP contribution >= 0.6 is 24.0 Å².